The fourth-order valence-electron chi connectivity index (χ4n) is 3.02. The highest BCUT2D eigenvalue weighted by Gasteiger charge is 2.34. The van der Waals surface area contributed by atoms with Crippen LogP contribution >= 0.6 is 0 Å². The summed E-state index contributed by atoms with van der Waals surface area (Å²) in [5.74, 6) is 0.961. The van der Waals surface area contributed by atoms with Gasteiger partial charge in [0.15, 0.2) is 0 Å². The molecule has 0 aromatic heterocycles. The van der Waals surface area contributed by atoms with E-state index in [2.05, 4.69) is 36.9 Å². The van der Waals surface area contributed by atoms with Gasteiger partial charge in [0.25, 0.3) is 0 Å². The SMILES string of the molecule is CCC(N)Cc1ccc(N(CC2CC2)C2CC2)c(C)c1. The van der Waals surface area contributed by atoms with Gasteiger partial charge in [-0.3, -0.25) is 0 Å². The van der Waals surface area contributed by atoms with E-state index < -0.39 is 0 Å². The molecule has 110 valence electrons. The van der Waals surface area contributed by atoms with Crippen LogP contribution in [0.25, 0.3) is 0 Å². The van der Waals surface area contributed by atoms with Crippen molar-refractivity contribution in [2.45, 2.75) is 64.5 Å². The van der Waals surface area contributed by atoms with Crippen LogP contribution in [0.15, 0.2) is 18.2 Å². The Morgan fingerprint density at radius 3 is 2.55 bits per heavy atom. The van der Waals surface area contributed by atoms with E-state index in [1.807, 2.05) is 0 Å². The van der Waals surface area contributed by atoms with Gasteiger partial charge in [-0.2, -0.15) is 0 Å². The Kier molecular flexibility index (Phi) is 4.02. The van der Waals surface area contributed by atoms with Gasteiger partial charge in [0.05, 0.1) is 0 Å². The molecule has 0 bridgehead atoms. The normalized spacial score (nSPS) is 19.9. The predicted molar refractivity (Wildman–Crippen MR) is 86.2 cm³/mol. The van der Waals surface area contributed by atoms with Crippen molar-refractivity contribution in [1.82, 2.24) is 0 Å². The molecule has 1 unspecified atom stereocenters. The first kappa shape index (κ1) is 13.9. The van der Waals surface area contributed by atoms with Crippen molar-refractivity contribution in [1.29, 1.82) is 0 Å². The summed E-state index contributed by atoms with van der Waals surface area (Å²) in [6, 6.07) is 8.10. The second-order valence-corrected chi connectivity index (χ2v) is 6.82. The summed E-state index contributed by atoms with van der Waals surface area (Å²) >= 11 is 0. The van der Waals surface area contributed by atoms with Gasteiger partial charge in [-0.15, -0.1) is 0 Å². The van der Waals surface area contributed by atoms with Gasteiger partial charge in [0.2, 0.25) is 0 Å². The van der Waals surface area contributed by atoms with Crippen molar-refractivity contribution in [3.05, 3.63) is 29.3 Å². The second-order valence-electron chi connectivity index (χ2n) is 6.82. The van der Waals surface area contributed by atoms with E-state index in [-0.39, 0.29) is 0 Å². The fraction of sp³-hybridized carbons (Fsp3) is 0.667. The summed E-state index contributed by atoms with van der Waals surface area (Å²) in [7, 11) is 0. The molecule has 0 radical (unpaired) electrons. The highest BCUT2D eigenvalue weighted by molar-refractivity contribution is 5.56. The van der Waals surface area contributed by atoms with E-state index >= 15 is 0 Å². The van der Waals surface area contributed by atoms with E-state index in [4.69, 9.17) is 5.73 Å². The fourth-order valence-corrected chi connectivity index (χ4v) is 3.02. The largest absolute Gasteiger partial charge is 0.368 e. The minimum Gasteiger partial charge on any atom is -0.368 e. The molecule has 2 nitrogen and oxygen atoms in total. The van der Waals surface area contributed by atoms with Crippen molar-refractivity contribution < 1.29 is 0 Å². The summed E-state index contributed by atoms with van der Waals surface area (Å²) in [6.07, 6.45) is 7.70. The lowest BCUT2D eigenvalue weighted by molar-refractivity contribution is 0.646. The number of nitrogens with two attached hydrogens (primary N) is 1. The number of rotatable bonds is 7. The summed E-state index contributed by atoms with van der Waals surface area (Å²) in [6.45, 7) is 5.70. The maximum atomic E-state index is 6.07. The van der Waals surface area contributed by atoms with Gasteiger partial charge in [0, 0.05) is 24.3 Å². The molecule has 3 rings (SSSR count). The average Bonchev–Trinajstić information content (AvgIpc) is 3.29. The van der Waals surface area contributed by atoms with Gasteiger partial charge in [-0.1, -0.05) is 19.1 Å². The van der Waals surface area contributed by atoms with Crippen LogP contribution in [0.2, 0.25) is 0 Å². The van der Waals surface area contributed by atoms with Crippen LogP contribution in [0.3, 0.4) is 0 Å². The maximum Gasteiger partial charge on any atom is 0.0398 e. The van der Waals surface area contributed by atoms with Gasteiger partial charge in [-0.25, -0.2) is 0 Å². The van der Waals surface area contributed by atoms with Crippen molar-refractivity contribution in [3.63, 3.8) is 0 Å². The molecule has 2 N–H and O–H groups in total. The first-order valence-corrected chi connectivity index (χ1v) is 8.29. The molecular formula is C18H28N2. The number of aryl methyl sites for hydroxylation is 1. The Morgan fingerprint density at radius 2 is 2.00 bits per heavy atom. The predicted octanol–water partition coefficient (Wildman–Crippen LogP) is 3.65. The molecule has 2 fully saturated rings. The van der Waals surface area contributed by atoms with Crippen LogP contribution in [-0.2, 0) is 6.42 Å². The minimum atomic E-state index is 0.297. The zero-order valence-corrected chi connectivity index (χ0v) is 12.9. The number of benzene rings is 1. The molecule has 1 aromatic carbocycles. The summed E-state index contributed by atoms with van der Waals surface area (Å²) < 4.78 is 0. The Hall–Kier alpha value is -1.02. The third kappa shape index (κ3) is 3.35. The molecule has 2 aliphatic rings. The smallest absolute Gasteiger partial charge is 0.0398 e. The van der Waals surface area contributed by atoms with Crippen molar-refractivity contribution >= 4 is 5.69 Å². The van der Waals surface area contributed by atoms with Gasteiger partial charge in [0.1, 0.15) is 0 Å². The van der Waals surface area contributed by atoms with E-state index in [0.717, 1.165) is 24.8 Å². The third-order valence-corrected chi connectivity index (χ3v) is 4.73. The Balaban J connectivity index is 1.74. The van der Waals surface area contributed by atoms with Crippen LogP contribution in [0.1, 0.15) is 50.2 Å². The molecule has 2 aliphatic carbocycles. The Labute approximate surface area is 123 Å². The standard InChI is InChI=1S/C18H28N2/c1-3-16(19)11-15-6-9-18(13(2)10-15)20(17-7-8-17)12-14-4-5-14/h6,9-10,14,16-17H,3-5,7-8,11-12,19H2,1-2H3. The van der Waals surface area contributed by atoms with Crippen LogP contribution in [0.4, 0.5) is 5.69 Å². The van der Waals surface area contributed by atoms with Crippen LogP contribution in [0, 0.1) is 12.8 Å². The molecule has 0 amide bonds. The van der Waals surface area contributed by atoms with Crippen LogP contribution < -0.4 is 10.6 Å². The van der Waals surface area contributed by atoms with Gasteiger partial charge in [-0.05, 0) is 68.6 Å². The first-order chi connectivity index (χ1) is 9.67. The van der Waals surface area contributed by atoms with E-state index in [9.17, 15) is 0 Å². The van der Waals surface area contributed by atoms with Crippen molar-refractivity contribution in [2.75, 3.05) is 11.4 Å². The first-order valence-electron chi connectivity index (χ1n) is 8.29. The zero-order valence-electron chi connectivity index (χ0n) is 12.9. The molecular weight excluding hydrogens is 244 g/mol. The monoisotopic (exact) mass is 272 g/mol. The highest BCUT2D eigenvalue weighted by atomic mass is 15.2. The lowest BCUT2D eigenvalue weighted by Crippen LogP contribution is -2.28. The average molecular weight is 272 g/mol. The van der Waals surface area contributed by atoms with Crippen molar-refractivity contribution in [2.24, 2.45) is 11.7 Å². The zero-order chi connectivity index (χ0) is 14.1. The van der Waals surface area contributed by atoms with E-state index in [1.54, 1.807) is 0 Å². The molecule has 2 heteroatoms. The van der Waals surface area contributed by atoms with E-state index in [1.165, 1.54) is 49.0 Å². The topological polar surface area (TPSA) is 29.3 Å². The lowest BCUT2D eigenvalue weighted by Gasteiger charge is -2.27. The number of hydrogen-bond acceptors (Lipinski definition) is 2. The number of nitrogens with zero attached hydrogens (tertiary/aromatic N) is 1. The molecule has 0 saturated heterocycles. The lowest BCUT2D eigenvalue weighted by atomic mass is 10.0. The molecule has 0 spiro atoms. The summed E-state index contributed by atoms with van der Waals surface area (Å²) in [5.41, 5.74) is 10.4. The van der Waals surface area contributed by atoms with Gasteiger partial charge < -0.3 is 10.6 Å². The molecule has 20 heavy (non-hydrogen) atoms. The number of hydrogen-bond donors (Lipinski definition) is 1. The quantitative estimate of drug-likeness (QED) is 0.821. The van der Waals surface area contributed by atoms with E-state index in [0.29, 0.717) is 6.04 Å². The number of anilines is 1. The Morgan fingerprint density at radius 1 is 1.25 bits per heavy atom. The molecule has 1 atom stereocenters. The van der Waals surface area contributed by atoms with Gasteiger partial charge >= 0.3 is 0 Å². The van der Waals surface area contributed by atoms with Crippen LogP contribution in [0.5, 0.6) is 0 Å². The molecule has 2 saturated carbocycles. The molecule has 0 heterocycles. The van der Waals surface area contributed by atoms with Crippen LogP contribution in [-0.4, -0.2) is 18.6 Å². The molecule has 1 aromatic rings. The maximum absolute atomic E-state index is 6.07. The minimum absolute atomic E-state index is 0.297. The van der Waals surface area contributed by atoms with Crippen molar-refractivity contribution in [3.8, 4) is 0 Å². The molecule has 0 aliphatic heterocycles. The Bertz CT molecular complexity index is 460. The summed E-state index contributed by atoms with van der Waals surface area (Å²) in [4.78, 5) is 2.68. The second kappa shape index (κ2) is 5.77. The third-order valence-electron chi connectivity index (χ3n) is 4.73. The summed E-state index contributed by atoms with van der Waals surface area (Å²) in [5, 5.41) is 0. The highest BCUT2D eigenvalue weighted by Crippen LogP contribution is 2.38.